The van der Waals surface area contributed by atoms with Crippen LogP contribution in [0.3, 0.4) is 0 Å². The second kappa shape index (κ2) is 11.5. The van der Waals surface area contributed by atoms with Gasteiger partial charge < -0.3 is 19.1 Å². The van der Waals surface area contributed by atoms with E-state index in [9.17, 15) is 0 Å². The van der Waals surface area contributed by atoms with Gasteiger partial charge in [-0.25, -0.2) is 0 Å². The van der Waals surface area contributed by atoms with Gasteiger partial charge in [-0.1, -0.05) is 29.8 Å². The van der Waals surface area contributed by atoms with E-state index in [0.29, 0.717) is 13.2 Å². The van der Waals surface area contributed by atoms with E-state index in [2.05, 4.69) is 94.0 Å². The molecule has 0 bridgehead atoms. The molecular weight excluding hydrogens is 527 g/mol. The predicted octanol–water partition coefficient (Wildman–Crippen LogP) is 6.16. The number of ether oxygens (including phenoxy) is 3. The fourth-order valence-corrected chi connectivity index (χ4v) is 4.41. The lowest BCUT2D eigenvalue weighted by atomic mass is 10.1. The Bertz CT molecular complexity index is 1080. The third kappa shape index (κ3) is 6.48. The normalized spacial score (nSPS) is 14.0. The fourth-order valence-electron chi connectivity index (χ4n) is 3.63. The van der Waals surface area contributed by atoms with Gasteiger partial charge in [0.15, 0.2) is 11.5 Å². The average molecular weight is 556 g/mol. The molecular formula is C27H29IN2O3. The van der Waals surface area contributed by atoms with Gasteiger partial charge in [-0.2, -0.15) is 0 Å². The summed E-state index contributed by atoms with van der Waals surface area (Å²) < 4.78 is 18.5. The number of halogens is 1. The molecule has 5 nitrogen and oxygen atoms in total. The Morgan fingerprint density at radius 3 is 2.42 bits per heavy atom. The molecule has 1 saturated heterocycles. The molecule has 0 aliphatic carbocycles. The van der Waals surface area contributed by atoms with Gasteiger partial charge in [-0.15, -0.1) is 0 Å². The maximum atomic E-state index is 6.14. The van der Waals surface area contributed by atoms with Gasteiger partial charge in [-0.3, -0.25) is 4.99 Å². The summed E-state index contributed by atoms with van der Waals surface area (Å²) in [6.45, 7) is 8.56. The van der Waals surface area contributed by atoms with Crippen LogP contribution in [0.25, 0.3) is 0 Å². The minimum atomic E-state index is 0.499. The van der Waals surface area contributed by atoms with Gasteiger partial charge in [0.05, 0.1) is 29.1 Å². The molecule has 0 spiro atoms. The summed E-state index contributed by atoms with van der Waals surface area (Å²) in [7, 11) is 0. The Hall–Kier alpha value is -2.58. The van der Waals surface area contributed by atoms with Crippen LogP contribution in [0.15, 0.2) is 65.7 Å². The highest BCUT2D eigenvalue weighted by molar-refractivity contribution is 14.1. The zero-order valence-electron chi connectivity index (χ0n) is 19.1. The van der Waals surface area contributed by atoms with E-state index >= 15 is 0 Å². The van der Waals surface area contributed by atoms with Gasteiger partial charge in [-0.05, 0) is 84.0 Å². The van der Waals surface area contributed by atoms with E-state index < -0.39 is 0 Å². The molecule has 0 radical (unpaired) electrons. The number of nitrogens with zero attached hydrogens (tertiary/aromatic N) is 2. The van der Waals surface area contributed by atoms with Crippen molar-refractivity contribution in [2.75, 3.05) is 37.8 Å². The van der Waals surface area contributed by atoms with E-state index in [1.165, 1.54) is 11.3 Å². The number of rotatable bonds is 8. The van der Waals surface area contributed by atoms with Crippen molar-refractivity contribution in [1.29, 1.82) is 0 Å². The highest BCUT2D eigenvalue weighted by Crippen LogP contribution is 2.35. The van der Waals surface area contributed by atoms with Crippen molar-refractivity contribution >= 4 is 40.2 Å². The smallest absolute Gasteiger partial charge is 0.175 e. The second-order valence-corrected chi connectivity index (χ2v) is 9.07. The van der Waals surface area contributed by atoms with E-state index in [0.717, 1.165) is 58.2 Å². The Kier molecular flexibility index (Phi) is 8.23. The van der Waals surface area contributed by atoms with Crippen LogP contribution in [0.2, 0.25) is 0 Å². The maximum absolute atomic E-state index is 6.14. The lowest BCUT2D eigenvalue weighted by Crippen LogP contribution is -2.36. The van der Waals surface area contributed by atoms with Gasteiger partial charge in [0.2, 0.25) is 0 Å². The molecule has 3 aromatic carbocycles. The number of hydrogen-bond acceptors (Lipinski definition) is 5. The van der Waals surface area contributed by atoms with Crippen LogP contribution in [0.1, 0.15) is 23.6 Å². The van der Waals surface area contributed by atoms with Crippen molar-refractivity contribution in [3.05, 3.63) is 80.9 Å². The number of benzene rings is 3. The van der Waals surface area contributed by atoms with Crippen molar-refractivity contribution in [3.63, 3.8) is 0 Å². The molecule has 33 heavy (non-hydrogen) atoms. The summed E-state index contributed by atoms with van der Waals surface area (Å²) >= 11 is 2.30. The molecule has 4 rings (SSSR count). The molecule has 1 heterocycles. The molecule has 3 aromatic rings. The van der Waals surface area contributed by atoms with Crippen molar-refractivity contribution in [2.24, 2.45) is 4.99 Å². The zero-order valence-corrected chi connectivity index (χ0v) is 21.2. The molecule has 0 saturated carbocycles. The van der Waals surface area contributed by atoms with Gasteiger partial charge in [0, 0.05) is 25.0 Å². The maximum Gasteiger partial charge on any atom is 0.175 e. The van der Waals surface area contributed by atoms with Crippen LogP contribution in [0.4, 0.5) is 11.4 Å². The third-order valence-electron chi connectivity index (χ3n) is 5.42. The van der Waals surface area contributed by atoms with E-state index in [1.54, 1.807) is 0 Å². The number of aryl methyl sites for hydroxylation is 1. The van der Waals surface area contributed by atoms with Crippen molar-refractivity contribution in [3.8, 4) is 11.5 Å². The van der Waals surface area contributed by atoms with Crippen molar-refractivity contribution in [1.82, 2.24) is 0 Å². The molecule has 0 atom stereocenters. The molecule has 0 unspecified atom stereocenters. The van der Waals surface area contributed by atoms with Crippen molar-refractivity contribution < 1.29 is 14.2 Å². The summed E-state index contributed by atoms with van der Waals surface area (Å²) in [5.74, 6) is 1.51. The van der Waals surface area contributed by atoms with Crippen LogP contribution in [0, 0.1) is 10.5 Å². The number of hydrogen-bond donors (Lipinski definition) is 0. The minimum absolute atomic E-state index is 0.499. The largest absolute Gasteiger partial charge is 0.490 e. The molecule has 0 N–H and O–H groups in total. The third-order valence-corrected chi connectivity index (χ3v) is 6.23. The molecule has 1 aliphatic rings. The average Bonchev–Trinajstić information content (AvgIpc) is 2.84. The van der Waals surface area contributed by atoms with Gasteiger partial charge in [0.25, 0.3) is 0 Å². The second-order valence-electron chi connectivity index (χ2n) is 7.91. The van der Waals surface area contributed by atoms with Gasteiger partial charge >= 0.3 is 0 Å². The standard InChI is InChI=1S/C27H29IN2O3/c1-3-32-26-17-22(16-25(28)27(26)33-19-21-6-4-20(2)5-7-21)18-29-23-8-10-24(11-9-23)30-12-14-31-15-13-30/h4-11,16-18H,3,12-15,19H2,1-2H3. The molecule has 172 valence electrons. The molecule has 1 aliphatic heterocycles. The number of anilines is 1. The SMILES string of the molecule is CCOc1cc(C=Nc2ccc(N3CCOCC3)cc2)cc(I)c1OCc1ccc(C)cc1. The summed E-state index contributed by atoms with van der Waals surface area (Å²) in [6, 6.07) is 20.8. The first-order valence-electron chi connectivity index (χ1n) is 11.2. The van der Waals surface area contributed by atoms with Crippen LogP contribution >= 0.6 is 22.6 Å². The minimum Gasteiger partial charge on any atom is -0.490 e. The zero-order chi connectivity index (χ0) is 23.0. The first kappa shape index (κ1) is 23.6. The topological polar surface area (TPSA) is 43.3 Å². The highest BCUT2D eigenvalue weighted by Gasteiger charge is 2.13. The first-order valence-corrected chi connectivity index (χ1v) is 12.3. The number of aliphatic imine (C=N–C) groups is 1. The predicted molar refractivity (Wildman–Crippen MR) is 143 cm³/mol. The molecule has 6 heteroatoms. The lowest BCUT2D eigenvalue weighted by molar-refractivity contribution is 0.122. The van der Waals surface area contributed by atoms with E-state index in [-0.39, 0.29) is 0 Å². The Balaban J connectivity index is 1.47. The quantitative estimate of drug-likeness (QED) is 0.246. The van der Waals surface area contributed by atoms with E-state index in [4.69, 9.17) is 14.2 Å². The molecule has 1 fully saturated rings. The summed E-state index contributed by atoms with van der Waals surface area (Å²) in [5.41, 5.74) is 5.47. The lowest BCUT2D eigenvalue weighted by Gasteiger charge is -2.28. The van der Waals surface area contributed by atoms with Gasteiger partial charge in [0.1, 0.15) is 6.61 Å². The van der Waals surface area contributed by atoms with Crippen LogP contribution < -0.4 is 14.4 Å². The molecule has 0 amide bonds. The fraction of sp³-hybridized carbons (Fsp3) is 0.296. The highest BCUT2D eigenvalue weighted by atomic mass is 127. The van der Waals surface area contributed by atoms with Crippen LogP contribution in [-0.2, 0) is 11.3 Å². The Morgan fingerprint density at radius 2 is 1.73 bits per heavy atom. The van der Waals surface area contributed by atoms with Crippen LogP contribution in [-0.4, -0.2) is 39.1 Å². The summed E-state index contributed by atoms with van der Waals surface area (Å²) in [6.07, 6.45) is 1.87. The molecule has 0 aromatic heterocycles. The Morgan fingerprint density at radius 1 is 1.00 bits per heavy atom. The first-order chi connectivity index (χ1) is 16.1. The number of morpholine rings is 1. The summed E-state index contributed by atoms with van der Waals surface area (Å²) in [5, 5.41) is 0. The van der Waals surface area contributed by atoms with E-state index in [1.807, 2.05) is 19.2 Å². The summed E-state index contributed by atoms with van der Waals surface area (Å²) in [4.78, 5) is 7.00. The van der Waals surface area contributed by atoms with Crippen LogP contribution in [0.5, 0.6) is 11.5 Å². The Labute approximate surface area is 209 Å². The monoisotopic (exact) mass is 556 g/mol. The van der Waals surface area contributed by atoms with Crippen molar-refractivity contribution in [2.45, 2.75) is 20.5 Å².